The van der Waals surface area contributed by atoms with Crippen LogP contribution in [0.3, 0.4) is 0 Å². The van der Waals surface area contributed by atoms with Gasteiger partial charge in [0.05, 0.1) is 42.1 Å². The second-order valence-corrected chi connectivity index (χ2v) is 6.50. The van der Waals surface area contributed by atoms with Crippen molar-refractivity contribution in [1.82, 2.24) is 4.98 Å². The van der Waals surface area contributed by atoms with Gasteiger partial charge in [-0.2, -0.15) is 0 Å². The van der Waals surface area contributed by atoms with E-state index in [9.17, 15) is 4.79 Å². The Bertz CT molecular complexity index is 1040. The van der Waals surface area contributed by atoms with E-state index in [2.05, 4.69) is 10.3 Å². The van der Waals surface area contributed by atoms with Crippen LogP contribution in [-0.2, 0) is 4.74 Å². The molecule has 1 N–H and O–H groups in total. The number of esters is 1. The summed E-state index contributed by atoms with van der Waals surface area (Å²) in [5, 5.41) is 4.57. The molecule has 1 heterocycles. The number of hydrogen-bond acceptors (Lipinski definition) is 6. The summed E-state index contributed by atoms with van der Waals surface area (Å²) < 4.78 is 15.8. The summed E-state index contributed by atoms with van der Waals surface area (Å²) in [4.78, 5) is 16.8. The van der Waals surface area contributed by atoms with Crippen LogP contribution in [0.5, 0.6) is 11.5 Å². The number of benzene rings is 2. The molecule has 0 amide bonds. The van der Waals surface area contributed by atoms with E-state index in [1.165, 1.54) is 6.20 Å². The maximum atomic E-state index is 12.5. The standard InChI is InChI=1S/C20H18Cl2N2O4/c1-4-28-20(25)13-10-23-19-12(6-7-14(21)17(19)22)18(13)24-11-5-8-15(26-2)16(9-11)27-3/h5-10H,4H2,1-3H3,(H,23,24). The van der Waals surface area contributed by atoms with Gasteiger partial charge in [0, 0.05) is 23.3 Å². The van der Waals surface area contributed by atoms with E-state index in [-0.39, 0.29) is 12.2 Å². The number of hydrogen-bond donors (Lipinski definition) is 1. The molecule has 8 heteroatoms. The van der Waals surface area contributed by atoms with Gasteiger partial charge in [-0.1, -0.05) is 23.2 Å². The van der Waals surface area contributed by atoms with Gasteiger partial charge in [-0.05, 0) is 31.2 Å². The monoisotopic (exact) mass is 420 g/mol. The first-order valence-corrected chi connectivity index (χ1v) is 9.18. The highest BCUT2D eigenvalue weighted by Gasteiger charge is 2.19. The van der Waals surface area contributed by atoms with Crippen LogP contribution in [0, 0.1) is 0 Å². The number of rotatable bonds is 6. The van der Waals surface area contributed by atoms with E-state index in [4.69, 9.17) is 37.4 Å². The molecule has 1 aromatic heterocycles. The number of methoxy groups -OCH3 is 2. The molecule has 0 aliphatic rings. The maximum absolute atomic E-state index is 12.5. The zero-order valence-corrected chi connectivity index (χ0v) is 17.0. The molecule has 0 saturated heterocycles. The third kappa shape index (κ3) is 3.79. The van der Waals surface area contributed by atoms with Crippen molar-refractivity contribution in [2.24, 2.45) is 0 Å². The normalized spacial score (nSPS) is 10.6. The number of fused-ring (bicyclic) bond motifs is 1. The van der Waals surface area contributed by atoms with Gasteiger partial charge >= 0.3 is 5.97 Å². The van der Waals surface area contributed by atoms with Crippen molar-refractivity contribution >= 4 is 51.4 Å². The van der Waals surface area contributed by atoms with E-state index < -0.39 is 5.97 Å². The first-order chi connectivity index (χ1) is 13.5. The fourth-order valence-electron chi connectivity index (χ4n) is 2.76. The summed E-state index contributed by atoms with van der Waals surface area (Å²) in [6.07, 6.45) is 1.42. The highest BCUT2D eigenvalue weighted by Crippen LogP contribution is 2.37. The quantitative estimate of drug-likeness (QED) is 0.532. The summed E-state index contributed by atoms with van der Waals surface area (Å²) >= 11 is 12.4. The number of nitrogens with one attached hydrogen (secondary N) is 1. The molecule has 0 saturated carbocycles. The molecule has 0 atom stereocenters. The molecule has 2 aromatic carbocycles. The minimum atomic E-state index is -0.494. The van der Waals surface area contributed by atoms with Gasteiger partial charge < -0.3 is 19.5 Å². The van der Waals surface area contributed by atoms with E-state index in [1.54, 1.807) is 51.5 Å². The highest BCUT2D eigenvalue weighted by atomic mass is 35.5. The zero-order chi connectivity index (χ0) is 20.3. The van der Waals surface area contributed by atoms with Crippen LogP contribution in [-0.4, -0.2) is 31.8 Å². The largest absolute Gasteiger partial charge is 0.493 e. The molecular weight excluding hydrogens is 403 g/mol. The van der Waals surface area contributed by atoms with Crippen molar-refractivity contribution in [2.45, 2.75) is 6.92 Å². The Kier molecular flexibility index (Phi) is 6.11. The van der Waals surface area contributed by atoms with Crippen LogP contribution in [0.25, 0.3) is 10.9 Å². The summed E-state index contributed by atoms with van der Waals surface area (Å²) in [7, 11) is 3.11. The molecule has 0 unspecified atom stereocenters. The lowest BCUT2D eigenvalue weighted by Crippen LogP contribution is -2.09. The summed E-state index contributed by atoms with van der Waals surface area (Å²) in [6.45, 7) is 1.98. The number of carbonyl (C=O) groups excluding carboxylic acids is 1. The number of nitrogens with zero attached hydrogens (tertiary/aromatic N) is 1. The highest BCUT2D eigenvalue weighted by molar-refractivity contribution is 6.45. The van der Waals surface area contributed by atoms with Crippen molar-refractivity contribution in [3.63, 3.8) is 0 Å². The Balaban J connectivity index is 2.17. The third-order valence-electron chi connectivity index (χ3n) is 4.08. The predicted octanol–water partition coefficient (Wildman–Crippen LogP) is 5.48. The van der Waals surface area contributed by atoms with Gasteiger partial charge in [0.15, 0.2) is 11.5 Å². The summed E-state index contributed by atoms with van der Waals surface area (Å²) in [5.74, 6) is 0.642. The number of halogens is 2. The van der Waals surface area contributed by atoms with Gasteiger partial charge in [-0.15, -0.1) is 0 Å². The lowest BCUT2D eigenvalue weighted by atomic mass is 10.1. The number of pyridine rings is 1. The van der Waals surface area contributed by atoms with E-state index in [0.29, 0.717) is 43.8 Å². The van der Waals surface area contributed by atoms with Gasteiger partial charge in [0.25, 0.3) is 0 Å². The van der Waals surface area contributed by atoms with Crippen LogP contribution in [0.2, 0.25) is 10.0 Å². The fraction of sp³-hybridized carbons (Fsp3) is 0.200. The topological polar surface area (TPSA) is 69.7 Å². The van der Waals surface area contributed by atoms with Crippen LogP contribution >= 0.6 is 23.2 Å². The van der Waals surface area contributed by atoms with Crippen LogP contribution < -0.4 is 14.8 Å². The Morgan fingerprint density at radius 3 is 2.54 bits per heavy atom. The Hall–Kier alpha value is -2.70. The van der Waals surface area contributed by atoms with E-state index in [1.807, 2.05) is 0 Å². The maximum Gasteiger partial charge on any atom is 0.341 e. The first-order valence-electron chi connectivity index (χ1n) is 8.43. The average Bonchev–Trinajstić information content (AvgIpc) is 2.71. The number of ether oxygens (including phenoxy) is 3. The van der Waals surface area contributed by atoms with Gasteiger partial charge in [-0.3, -0.25) is 4.98 Å². The predicted molar refractivity (Wildman–Crippen MR) is 111 cm³/mol. The molecule has 0 bridgehead atoms. The van der Waals surface area contributed by atoms with Crippen molar-refractivity contribution < 1.29 is 19.0 Å². The lowest BCUT2D eigenvalue weighted by molar-refractivity contribution is 0.0527. The van der Waals surface area contributed by atoms with Crippen LogP contribution in [0.4, 0.5) is 11.4 Å². The molecule has 28 heavy (non-hydrogen) atoms. The van der Waals surface area contributed by atoms with Crippen molar-refractivity contribution in [1.29, 1.82) is 0 Å². The lowest BCUT2D eigenvalue weighted by Gasteiger charge is -2.16. The minimum Gasteiger partial charge on any atom is -0.493 e. The first kappa shape index (κ1) is 20.0. The number of aromatic nitrogens is 1. The van der Waals surface area contributed by atoms with Crippen molar-refractivity contribution in [2.75, 3.05) is 26.1 Å². The molecule has 6 nitrogen and oxygen atoms in total. The van der Waals surface area contributed by atoms with E-state index in [0.717, 1.165) is 0 Å². The average molecular weight is 421 g/mol. The SMILES string of the molecule is CCOC(=O)c1cnc2c(Cl)c(Cl)ccc2c1Nc1ccc(OC)c(OC)c1. The zero-order valence-electron chi connectivity index (χ0n) is 15.5. The Labute approximate surface area is 172 Å². The molecule has 3 rings (SSSR count). The molecule has 146 valence electrons. The number of carbonyl (C=O) groups is 1. The molecule has 0 aliphatic carbocycles. The second-order valence-electron chi connectivity index (χ2n) is 5.72. The van der Waals surface area contributed by atoms with Gasteiger partial charge in [-0.25, -0.2) is 4.79 Å². The van der Waals surface area contributed by atoms with Crippen LogP contribution in [0.1, 0.15) is 17.3 Å². The summed E-state index contributed by atoms with van der Waals surface area (Å²) in [6, 6.07) is 8.74. The second kappa shape index (κ2) is 8.54. The molecule has 0 radical (unpaired) electrons. The Morgan fingerprint density at radius 1 is 1.11 bits per heavy atom. The van der Waals surface area contributed by atoms with Gasteiger partial charge in [0.1, 0.15) is 5.56 Å². The molecule has 0 spiro atoms. The summed E-state index contributed by atoms with van der Waals surface area (Å²) in [5.41, 5.74) is 1.95. The van der Waals surface area contributed by atoms with Gasteiger partial charge in [0.2, 0.25) is 0 Å². The smallest absolute Gasteiger partial charge is 0.341 e. The van der Waals surface area contributed by atoms with Crippen LogP contribution in [0.15, 0.2) is 36.5 Å². The van der Waals surface area contributed by atoms with Crippen molar-refractivity contribution in [3.05, 3.63) is 52.1 Å². The Morgan fingerprint density at radius 2 is 1.86 bits per heavy atom. The molecular formula is C20H18Cl2N2O4. The molecule has 0 aliphatic heterocycles. The molecule has 0 fully saturated rings. The minimum absolute atomic E-state index is 0.244. The number of anilines is 2. The molecule has 3 aromatic rings. The third-order valence-corrected chi connectivity index (χ3v) is 4.87. The van der Waals surface area contributed by atoms with Crippen molar-refractivity contribution in [3.8, 4) is 11.5 Å². The van der Waals surface area contributed by atoms with E-state index >= 15 is 0 Å². The fourth-order valence-corrected chi connectivity index (χ4v) is 3.13.